The van der Waals surface area contributed by atoms with Crippen LogP contribution in [0.25, 0.3) is 0 Å². The summed E-state index contributed by atoms with van der Waals surface area (Å²) < 4.78 is 30.2. The van der Waals surface area contributed by atoms with Crippen molar-refractivity contribution in [3.8, 4) is 6.19 Å². The minimum absolute atomic E-state index is 0.00713. The van der Waals surface area contributed by atoms with Crippen LogP contribution in [0.15, 0.2) is 16.9 Å². The van der Waals surface area contributed by atoms with Gasteiger partial charge in [0.15, 0.2) is 6.19 Å². The summed E-state index contributed by atoms with van der Waals surface area (Å²) in [6, 6.07) is 1.79. The van der Waals surface area contributed by atoms with E-state index in [2.05, 4.69) is 4.74 Å². The number of rotatable bonds is 3. The largest absolute Gasteiger partial charge is 0.462 e. The number of nitriles is 1. The van der Waals surface area contributed by atoms with Crippen molar-refractivity contribution in [2.24, 2.45) is 0 Å². The molecule has 1 heterocycles. The summed E-state index contributed by atoms with van der Waals surface area (Å²) in [5, 5.41) is 8.61. The van der Waals surface area contributed by atoms with Crippen LogP contribution in [0.5, 0.6) is 0 Å². The zero-order chi connectivity index (χ0) is 13.0. The summed E-state index contributed by atoms with van der Waals surface area (Å²) in [5.41, 5.74) is -2.35. The lowest BCUT2D eigenvalue weighted by Gasteiger charge is -2.09. The molecule has 0 aliphatic carbocycles. The van der Waals surface area contributed by atoms with Crippen LogP contribution in [0.3, 0.4) is 0 Å². The number of ether oxygens (including phenoxy) is 1. The number of carbonyl (C=O) groups is 1. The molecule has 0 spiro atoms. The Morgan fingerprint density at radius 1 is 1.59 bits per heavy atom. The average Bonchev–Trinajstić information content (AvgIpc) is 2.28. The molecular formula is C10H8F2N2O3. The maximum absolute atomic E-state index is 12.7. The highest BCUT2D eigenvalue weighted by molar-refractivity contribution is 5.90. The van der Waals surface area contributed by atoms with Gasteiger partial charge in [0, 0.05) is 6.07 Å². The number of halogens is 2. The quantitative estimate of drug-likeness (QED) is 0.749. The Labute approximate surface area is 94.8 Å². The molecule has 0 bridgehead atoms. The van der Waals surface area contributed by atoms with Gasteiger partial charge in [0.25, 0.3) is 12.0 Å². The zero-order valence-electron chi connectivity index (χ0n) is 8.81. The van der Waals surface area contributed by atoms with Crippen LogP contribution in [-0.4, -0.2) is 17.1 Å². The molecule has 0 aromatic carbocycles. The van der Waals surface area contributed by atoms with Crippen molar-refractivity contribution in [1.82, 2.24) is 4.57 Å². The summed E-state index contributed by atoms with van der Waals surface area (Å²) in [6.07, 6.45) is -1.82. The van der Waals surface area contributed by atoms with Gasteiger partial charge < -0.3 is 4.74 Å². The minimum atomic E-state index is -3.12. The highest BCUT2D eigenvalue weighted by atomic mass is 19.3. The van der Waals surface area contributed by atoms with E-state index >= 15 is 0 Å². The molecule has 90 valence electrons. The van der Waals surface area contributed by atoms with E-state index in [4.69, 9.17) is 5.26 Å². The number of carbonyl (C=O) groups excluding carboxylic acids is 1. The molecule has 17 heavy (non-hydrogen) atoms. The van der Waals surface area contributed by atoms with Gasteiger partial charge >= 0.3 is 5.97 Å². The molecule has 0 aliphatic heterocycles. The molecule has 0 amide bonds. The molecule has 0 N–H and O–H groups in total. The third-order valence-electron chi connectivity index (χ3n) is 1.93. The molecule has 0 fully saturated rings. The Kier molecular flexibility index (Phi) is 3.93. The van der Waals surface area contributed by atoms with E-state index in [9.17, 15) is 18.4 Å². The van der Waals surface area contributed by atoms with Gasteiger partial charge in [-0.1, -0.05) is 0 Å². The van der Waals surface area contributed by atoms with Crippen molar-refractivity contribution in [3.63, 3.8) is 0 Å². The molecule has 0 saturated heterocycles. The van der Waals surface area contributed by atoms with Gasteiger partial charge in [-0.3, -0.25) is 4.79 Å². The SMILES string of the molecule is CCOC(=O)c1ccc(=O)n(C#N)c1C(F)F. The molecule has 1 aromatic rings. The highest BCUT2D eigenvalue weighted by Gasteiger charge is 2.24. The van der Waals surface area contributed by atoms with Crippen LogP contribution < -0.4 is 5.56 Å². The lowest BCUT2D eigenvalue weighted by Crippen LogP contribution is -2.23. The molecule has 0 unspecified atom stereocenters. The fraction of sp³-hybridized carbons (Fsp3) is 0.300. The number of pyridine rings is 1. The zero-order valence-corrected chi connectivity index (χ0v) is 8.81. The van der Waals surface area contributed by atoms with Crippen LogP contribution in [0.1, 0.15) is 29.4 Å². The van der Waals surface area contributed by atoms with E-state index in [1.54, 1.807) is 0 Å². The minimum Gasteiger partial charge on any atom is -0.462 e. The maximum atomic E-state index is 12.7. The number of aromatic nitrogens is 1. The summed E-state index contributed by atoms with van der Waals surface area (Å²) in [7, 11) is 0. The van der Waals surface area contributed by atoms with Crippen molar-refractivity contribution in [2.45, 2.75) is 13.3 Å². The van der Waals surface area contributed by atoms with E-state index < -0.39 is 29.2 Å². The predicted octanol–water partition coefficient (Wildman–Crippen LogP) is 1.29. The second-order valence-electron chi connectivity index (χ2n) is 2.93. The molecule has 0 radical (unpaired) electrons. The van der Waals surface area contributed by atoms with Crippen LogP contribution >= 0.6 is 0 Å². The Balaban J connectivity index is 3.47. The van der Waals surface area contributed by atoms with Crippen LogP contribution in [0.2, 0.25) is 0 Å². The van der Waals surface area contributed by atoms with E-state index in [-0.39, 0.29) is 11.2 Å². The van der Waals surface area contributed by atoms with E-state index in [0.717, 1.165) is 12.1 Å². The van der Waals surface area contributed by atoms with Crippen molar-refractivity contribution < 1.29 is 18.3 Å². The van der Waals surface area contributed by atoms with Crippen LogP contribution in [0, 0.1) is 11.5 Å². The smallest absolute Gasteiger partial charge is 0.340 e. The van der Waals surface area contributed by atoms with Crippen molar-refractivity contribution in [3.05, 3.63) is 33.7 Å². The van der Waals surface area contributed by atoms with Crippen LogP contribution in [0.4, 0.5) is 8.78 Å². The fourth-order valence-electron chi connectivity index (χ4n) is 1.25. The van der Waals surface area contributed by atoms with Crippen molar-refractivity contribution in [2.75, 3.05) is 6.61 Å². The lowest BCUT2D eigenvalue weighted by atomic mass is 10.2. The summed E-state index contributed by atoms with van der Waals surface area (Å²) >= 11 is 0. The number of esters is 1. The maximum Gasteiger partial charge on any atom is 0.340 e. The number of hydrogen-bond donors (Lipinski definition) is 0. The molecular weight excluding hydrogens is 234 g/mol. The number of hydrogen-bond acceptors (Lipinski definition) is 4. The van der Waals surface area contributed by atoms with Gasteiger partial charge in [0.1, 0.15) is 5.69 Å². The van der Waals surface area contributed by atoms with Crippen LogP contribution in [-0.2, 0) is 4.74 Å². The highest BCUT2D eigenvalue weighted by Crippen LogP contribution is 2.21. The molecule has 0 atom stereocenters. The Hall–Kier alpha value is -2.23. The van der Waals surface area contributed by atoms with Crippen molar-refractivity contribution >= 4 is 5.97 Å². The fourth-order valence-corrected chi connectivity index (χ4v) is 1.25. The normalized spacial score (nSPS) is 10.1. The molecule has 0 aliphatic rings. The number of nitrogens with zero attached hydrogens (tertiary/aromatic N) is 2. The summed E-state index contributed by atoms with van der Waals surface area (Å²) in [6.45, 7) is 1.52. The van der Waals surface area contributed by atoms with E-state index in [1.807, 2.05) is 0 Å². The van der Waals surface area contributed by atoms with E-state index in [0.29, 0.717) is 0 Å². The van der Waals surface area contributed by atoms with Gasteiger partial charge in [0.05, 0.1) is 12.2 Å². The van der Waals surface area contributed by atoms with Gasteiger partial charge in [0.2, 0.25) is 0 Å². The second kappa shape index (κ2) is 5.21. The van der Waals surface area contributed by atoms with Gasteiger partial charge in [-0.2, -0.15) is 5.26 Å². The molecule has 5 nitrogen and oxygen atoms in total. The molecule has 1 aromatic heterocycles. The lowest BCUT2D eigenvalue weighted by molar-refractivity contribution is 0.0512. The van der Waals surface area contributed by atoms with Crippen molar-refractivity contribution in [1.29, 1.82) is 5.26 Å². The first-order valence-corrected chi connectivity index (χ1v) is 4.64. The van der Waals surface area contributed by atoms with Gasteiger partial charge in [-0.05, 0) is 13.0 Å². The average molecular weight is 242 g/mol. The first kappa shape index (κ1) is 12.8. The monoisotopic (exact) mass is 242 g/mol. The second-order valence-corrected chi connectivity index (χ2v) is 2.93. The first-order chi connectivity index (χ1) is 8.02. The Morgan fingerprint density at radius 3 is 2.71 bits per heavy atom. The predicted molar refractivity (Wildman–Crippen MR) is 52.6 cm³/mol. The third-order valence-corrected chi connectivity index (χ3v) is 1.93. The van der Waals surface area contributed by atoms with E-state index in [1.165, 1.54) is 13.1 Å². The van der Waals surface area contributed by atoms with Gasteiger partial charge in [-0.15, -0.1) is 0 Å². The van der Waals surface area contributed by atoms with Gasteiger partial charge in [-0.25, -0.2) is 18.1 Å². The summed E-state index contributed by atoms with van der Waals surface area (Å²) in [4.78, 5) is 22.5. The third kappa shape index (κ3) is 2.47. The summed E-state index contributed by atoms with van der Waals surface area (Å²) in [5.74, 6) is -0.994. The Bertz CT molecular complexity index is 531. The Morgan fingerprint density at radius 2 is 2.24 bits per heavy atom. The number of alkyl halides is 2. The molecule has 0 saturated carbocycles. The standard InChI is InChI=1S/C10H8F2N2O3/c1-2-17-10(16)6-3-4-7(15)14(5-13)8(6)9(11)12/h3-4,9H,2H2,1H3. The molecule has 7 heteroatoms. The first-order valence-electron chi connectivity index (χ1n) is 4.64. The topological polar surface area (TPSA) is 72.1 Å². The molecule has 1 rings (SSSR count).